The molecule has 2 N–H and O–H groups in total. The first-order chi connectivity index (χ1) is 13.1. The van der Waals surface area contributed by atoms with Crippen LogP contribution in [0, 0.1) is 0 Å². The van der Waals surface area contributed by atoms with Crippen LogP contribution in [0.4, 0.5) is 13.2 Å². The molecule has 1 heterocycles. The van der Waals surface area contributed by atoms with Crippen LogP contribution in [0.15, 0.2) is 42.0 Å². The van der Waals surface area contributed by atoms with E-state index in [0.29, 0.717) is 0 Å². The van der Waals surface area contributed by atoms with Gasteiger partial charge in [-0.1, -0.05) is 17.7 Å². The van der Waals surface area contributed by atoms with Gasteiger partial charge in [0, 0.05) is 11.6 Å². The number of alkyl halides is 3. The summed E-state index contributed by atoms with van der Waals surface area (Å²) < 4.78 is 49.8. The molecular weight excluding hydrogens is 405 g/mol. The Morgan fingerprint density at radius 1 is 1.11 bits per heavy atom. The first-order valence-corrected chi connectivity index (χ1v) is 7.97. The maximum absolute atomic E-state index is 13.2. The Bertz CT molecular complexity index is 999. The summed E-state index contributed by atoms with van der Waals surface area (Å²) in [6, 6.07) is 7.67. The molecule has 28 heavy (non-hydrogen) atoms. The SMILES string of the molecule is O=C(O)C1=Cc2cc(Cl)c(Oc3cccc(C(=O)O)c3)cc2O[C@@H]1C(F)(F)F. The Kier molecular flexibility index (Phi) is 4.95. The zero-order valence-electron chi connectivity index (χ0n) is 13.7. The van der Waals surface area contributed by atoms with Crippen LogP contribution in [0.1, 0.15) is 15.9 Å². The van der Waals surface area contributed by atoms with Crippen molar-refractivity contribution in [3.05, 3.63) is 58.1 Å². The Morgan fingerprint density at radius 2 is 1.82 bits per heavy atom. The quantitative estimate of drug-likeness (QED) is 0.758. The molecule has 146 valence electrons. The van der Waals surface area contributed by atoms with E-state index >= 15 is 0 Å². The van der Waals surface area contributed by atoms with Crippen molar-refractivity contribution in [3.8, 4) is 17.2 Å². The molecule has 2 aromatic rings. The van der Waals surface area contributed by atoms with Gasteiger partial charge in [0.25, 0.3) is 0 Å². The van der Waals surface area contributed by atoms with Crippen molar-refractivity contribution in [2.24, 2.45) is 0 Å². The Morgan fingerprint density at radius 3 is 2.43 bits per heavy atom. The van der Waals surface area contributed by atoms with Gasteiger partial charge in [0.2, 0.25) is 6.10 Å². The molecule has 6 nitrogen and oxygen atoms in total. The predicted molar refractivity (Wildman–Crippen MR) is 91.0 cm³/mol. The summed E-state index contributed by atoms with van der Waals surface area (Å²) in [4.78, 5) is 22.2. The molecule has 0 saturated heterocycles. The van der Waals surface area contributed by atoms with Crippen LogP contribution in [0.5, 0.6) is 17.2 Å². The minimum absolute atomic E-state index is 0.0328. The van der Waals surface area contributed by atoms with E-state index in [0.717, 1.165) is 12.1 Å². The summed E-state index contributed by atoms with van der Waals surface area (Å²) in [5, 5.41) is 18.0. The van der Waals surface area contributed by atoms with Gasteiger partial charge in [-0.15, -0.1) is 0 Å². The summed E-state index contributed by atoms with van der Waals surface area (Å²) in [6.45, 7) is 0. The minimum atomic E-state index is -4.95. The van der Waals surface area contributed by atoms with Gasteiger partial charge in [-0.3, -0.25) is 0 Å². The summed E-state index contributed by atoms with van der Waals surface area (Å²) in [5.74, 6) is -3.23. The monoisotopic (exact) mass is 414 g/mol. The Hall–Kier alpha value is -3.20. The van der Waals surface area contributed by atoms with Crippen molar-refractivity contribution in [1.82, 2.24) is 0 Å². The molecule has 1 atom stereocenters. The molecule has 0 spiro atoms. The van der Waals surface area contributed by atoms with E-state index in [-0.39, 0.29) is 33.4 Å². The number of ether oxygens (including phenoxy) is 2. The van der Waals surface area contributed by atoms with Crippen LogP contribution < -0.4 is 9.47 Å². The van der Waals surface area contributed by atoms with E-state index in [1.807, 2.05) is 0 Å². The topological polar surface area (TPSA) is 93.1 Å². The van der Waals surface area contributed by atoms with Gasteiger partial charge in [0.05, 0.1) is 16.2 Å². The lowest BCUT2D eigenvalue weighted by Gasteiger charge is -2.27. The summed E-state index contributed by atoms with van der Waals surface area (Å²) >= 11 is 6.07. The van der Waals surface area contributed by atoms with Gasteiger partial charge in [0.15, 0.2) is 0 Å². The second kappa shape index (κ2) is 7.08. The number of benzene rings is 2. The molecule has 10 heteroatoms. The maximum Gasteiger partial charge on any atom is 0.430 e. The van der Waals surface area contributed by atoms with Crippen LogP contribution in [0.2, 0.25) is 5.02 Å². The average Bonchev–Trinajstić information content (AvgIpc) is 2.60. The smallest absolute Gasteiger partial charge is 0.430 e. The fraction of sp³-hybridized carbons (Fsp3) is 0.111. The van der Waals surface area contributed by atoms with Crippen LogP contribution in [-0.2, 0) is 4.79 Å². The van der Waals surface area contributed by atoms with Gasteiger partial charge in [-0.2, -0.15) is 13.2 Å². The van der Waals surface area contributed by atoms with Crippen LogP contribution in [0.3, 0.4) is 0 Å². The van der Waals surface area contributed by atoms with E-state index in [1.54, 1.807) is 0 Å². The number of hydrogen-bond donors (Lipinski definition) is 2. The van der Waals surface area contributed by atoms with Gasteiger partial charge in [-0.05, 0) is 30.3 Å². The second-order valence-electron chi connectivity index (χ2n) is 5.70. The molecule has 1 aliphatic heterocycles. The molecule has 1 aliphatic rings. The molecule has 0 unspecified atom stereocenters. The van der Waals surface area contributed by atoms with Gasteiger partial charge in [-0.25, -0.2) is 9.59 Å². The summed E-state index contributed by atoms with van der Waals surface area (Å²) in [7, 11) is 0. The van der Waals surface area contributed by atoms with Crippen LogP contribution in [0.25, 0.3) is 6.08 Å². The minimum Gasteiger partial charge on any atom is -0.478 e. The highest BCUT2D eigenvalue weighted by Crippen LogP contribution is 2.42. The number of fused-ring (bicyclic) bond motifs is 1. The number of rotatable bonds is 4. The number of aromatic carboxylic acids is 1. The van der Waals surface area contributed by atoms with Gasteiger partial charge < -0.3 is 19.7 Å². The highest BCUT2D eigenvalue weighted by Gasteiger charge is 2.48. The number of carboxylic acid groups (broad SMARTS) is 2. The van der Waals surface area contributed by atoms with Gasteiger partial charge >= 0.3 is 18.1 Å². The molecule has 0 aliphatic carbocycles. The lowest BCUT2D eigenvalue weighted by atomic mass is 10.0. The van der Waals surface area contributed by atoms with E-state index in [1.165, 1.54) is 30.3 Å². The molecule has 0 aromatic heterocycles. The molecule has 3 rings (SSSR count). The lowest BCUT2D eigenvalue weighted by molar-refractivity contribution is -0.187. The van der Waals surface area contributed by atoms with E-state index < -0.39 is 29.8 Å². The zero-order chi connectivity index (χ0) is 20.6. The molecular formula is C18H10ClF3O6. The second-order valence-corrected chi connectivity index (χ2v) is 6.11. The molecule has 2 aromatic carbocycles. The third-order valence-electron chi connectivity index (χ3n) is 3.76. The molecule has 0 fully saturated rings. The zero-order valence-corrected chi connectivity index (χ0v) is 14.4. The third kappa shape index (κ3) is 3.89. The van der Waals surface area contributed by atoms with E-state index in [9.17, 15) is 22.8 Å². The number of aliphatic carboxylic acids is 1. The van der Waals surface area contributed by atoms with Crippen molar-refractivity contribution in [2.45, 2.75) is 12.3 Å². The van der Waals surface area contributed by atoms with Crippen LogP contribution in [-0.4, -0.2) is 34.4 Å². The molecule has 0 bridgehead atoms. The molecule has 0 amide bonds. The third-order valence-corrected chi connectivity index (χ3v) is 4.05. The fourth-order valence-corrected chi connectivity index (χ4v) is 2.72. The van der Waals surface area contributed by atoms with Crippen molar-refractivity contribution in [2.75, 3.05) is 0 Å². The van der Waals surface area contributed by atoms with Crippen LogP contribution >= 0.6 is 11.6 Å². The standard InChI is InChI=1S/C18H10ClF3O6/c19-12-6-9-5-11(17(25)26)15(18(20,21)22)28-13(9)7-14(12)27-10-3-1-2-8(4-10)16(23)24/h1-7,15H,(H,23,24)(H,25,26)/t15-/m0/s1. The van der Waals surface area contributed by atoms with Crippen molar-refractivity contribution in [1.29, 1.82) is 0 Å². The van der Waals surface area contributed by atoms with E-state index in [2.05, 4.69) is 0 Å². The van der Waals surface area contributed by atoms with Gasteiger partial charge in [0.1, 0.15) is 17.2 Å². The fourth-order valence-electron chi connectivity index (χ4n) is 2.51. The number of halogens is 4. The van der Waals surface area contributed by atoms with E-state index in [4.69, 9.17) is 31.3 Å². The highest BCUT2D eigenvalue weighted by atomic mass is 35.5. The molecule has 0 radical (unpaired) electrons. The Labute approximate surface area is 160 Å². The van der Waals surface area contributed by atoms with Crippen molar-refractivity contribution < 1.29 is 42.4 Å². The number of carboxylic acids is 2. The average molecular weight is 415 g/mol. The van der Waals surface area contributed by atoms with Crippen molar-refractivity contribution in [3.63, 3.8) is 0 Å². The largest absolute Gasteiger partial charge is 0.478 e. The molecule has 0 saturated carbocycles. The first kappa shape index (κ1) is 19.6. The lowest BCUT2D eigenvalue weighted by Crippen LogP contribution is -2.40. The summed E-state index contributed by atoms with van der Waals surface area (Å²) in [5.41, 5.74) is -0.998. The first-order valence-electron chi connectivity index (χ1n) is 7.59. The number of hydrogen-bond acceptors (Lipinski definition) is 4. The predicted octanol–water partition coefficient (Wildman–Crippen LogP) is 4.62. The number of carbonyl (C=O) groups is 2. The highest BCUT2D eigenvalue weighted by molar-refractivity contribution is 6.32. The summed E-state index contributed by atoms with van der Waals surface area (Å²) in [6.07, 6.45) is -6.76. The normalized spacial score (nSPS) is 15.9. The maximum atomic E-state index is 13.2. The Balaban J connectivity index is 2.00. The van der Waals surface area contributed by atoms with Crippen molar-refractivity contribution >= 4 is 29.6 Å².